The molecule has 4 rings (SSSR count). The summed E-state index contributed by atoms with van der Waals surface area (Å²) in [5.74, 6) is 0.484. The topological polar surface area (TPSA) is 65.1 Å². The summed E-state index contributed by atoms with van der Waals surface area (Å²) in [5, 5.41) is 4.82. The van der Waals surface area contributed by atoms with E-state index in [-0.39, 0.29) is 11.6 Å². The molecule has 0 N–H and O–H groups in total. The second kappa shape index (κ2) is 5.01. The Morgan fingerprint density at radius 3 is 2.61 bits per heavy atom. The van der Waals surface area contributed by atoms with Gasteiger partial charge in [-0.15, -0.1) is 0 Å². The predicted molar refractivity (Wildman–Crippen MR) is 88.4 cm³/mol. The average Bonchev–Trinajstić information content (AvgIpc) is 3.01. The van der Waals surface area contributed by atoms with Crippen LogP contribution in [-0.2, 0) is 0 Å². The van der Waals surface area contributed by atoms with Crippen molar-refractivity contribution in [3.63, 3.8) is 0 Å². The summed E-state index contributed by atoms with van der Waals surface area (Å²) in [5.41, 5.74) is 2.20. The van der Waals surface area contributed by atoms with Gasteiger partial charge in [-0.2, -0.15) is 14.6 Å². The normalized spacial score (nSPS) is 11.6. The Morgan fingerprint density at radius 2 is 1.87 bits per heavy atom. The van der Waals surface area contributed by atoms with E-state index in [0.717, 1.165) is 11.3 Å². The Hall–Kier alpha value is -3.02. The highest BCUT2D eigenvalue weighted by Gasteiger charge is 2.17. The van der Waals surface area contributed by atoms with Gasteiger partial charge >= 0.3 is 0 Å². The summed E-state index contributed by atoms with van der Waals surface area (Å²) < 4.78 is 3.34. The zero-order valence-corrected chi connectivity index (χ0v) is 12.8. The molecule has 0 radical (unpaired) electrons. The van der Waals surface area contributed by atoms with Gasteiger partial charge in [0.25, 0.3) is 11.3 Å². The molecule has 3 aromatic heterocycles. The first-order valence-corrected chi connectivity index (χ1v) is 7.47. The van der Waals surface area contributed by atoms with Crippen molar-refractivity contribution in [1.82, 2.24) is 24.1 Å². The number of pyridine rings is 1. The van der Waals surface area contributed by atoms with Gasteiger partial charge in [-0.3, -0.25) is 4.79 Å². The molecular weight excluding hydrogens is 290 g/mol. The van der Waals surface area contributed by atoms with Crippen LogP contribution in [0, 0.1) is 0 Å². The molecule has 0 saturated carbocycles. The molecule has 0 saturated heterocycles. The molecular formula is C17H15N5O. The maximum Gasteiger partial charge on any atom is 0.262 e. The zero-order chi connectivity index (χ0) is 16.0. The van der Waals surface area contributed by atoms with Crippen LogP contribution in [0.4, 0.5) is 0 Å². The van der Waals surface area contributed by atoms with Crippen LogP contribution in [0.15, 0.2) is 53.7 Å². The van der Waals surface area contributed by atoms with E-state index in [4.69, 9.17) is 0 Å². The molecule has 0 fully saturated rings. The number of hydrogen-bond acceptors (Lipinski definition) is 4. The van der Waals surface area contributed by atoms with Crippen molar-refractivity contribution < 1.29 is 0 Å². The van der Waals surface area contributed by atoms with Crippen molar-refractivity contribution in [3.05, 3.63) is 59.3 Å². The molecule has 6 nitrogen and oxygen atoms in total. The third kappa shape index (κ3) is 2.03. The van der Waals surface area contributed by atoms with Gasteiger partial charge in [0.15, 0.2) is 0 Å². The van der Waals surface area contributed by atoms with Crippen molar-refractivity contribution in [3.8, 4) is 11.3 Å². The largest absolute Gasteiger partial charge is 0.312 e. The van der Waals surface area contributed by atoms with Crippen LogP contribution in [0.2, 0.25) is 0 Å². The minimum atomic E-state index is -0.0683. The molecule has 0 aliphatic heterocycles. The van der Waals surface area contributed by atoms with Gasteiger partial charge in [0.05, 0.1) is 16.6 Å². The Morgan fingerprint density at radius 1 is 1.09 bits per heavy atom. The van der Waals surface area contributed by atoms with E-state index >= 15 is 0 Å². The summed E-state index contributed by atoms with van der Waals surface area (Å²) in [7, 11) is 0. The van der Waals surface area contributed by atoms with E-state index in [1.165, 1.54) is 6.33 Å². The molecule has 4 aromatic rings. The minimum absolute atomic E-state index is 0.0683. The molecule has 0 bridgehead atoms. The Kier molecular flexibility index (Phi) is 2.97. The Balaban J connectivity index is 2.24. The fourth-order valence-electron chi connectivity index (χ4n) is 2.81. The van der Waals surface area contributed by atoms with E-state index in [9.17, 15) is 4.79 Å². The molecule has 1 aromatic carbocycles. The number of benzene rings is 1. The van der Waals surface area contributed by atoms with Crippen LogP contribution in [0.5, 0.6) is 0 Å². The fraction of sp³-hybridized carbons (Fsp3) is 0.176. The lowest BCUT2D eigenvalue weighted by Gasteiger charge is -2.13. The third-order valence-corrected chi connectivity index (χ3v) is 3.90. The van der Waals surface area contributed by atoms with Gasteiger partial charge in [0.2, 0.25) is 0 Å². The summed E-state index contributed by atoms with van der Waals surface area (Å²) >= 11 is 0. The predicted octanol–water partition coefficient (Wildman–Crippen LogP) is 2.69. The Bertz CT molecular complexity index is 1060. The first-order chi connectivity index (χ1) is 11.2. The van der Waals surface area contributed by atoms with Crippen LogP contribution in [-0.4, -0.2) is 24.1 Å². The lowest BCUT2D eigenvalue weighted by molar-refractivity contribution is 0.582. The van der Waals surface area contributed by atoms with Crippen LogP contribution in [0.1, 0.15) is 19.9 Å². The Labute approximate surface area is 132 Å². The van der Waals surface area contributed by atoms with E-state index in [1.54, 1.807) is 15.3 Å². The highest BCUT2D eigenvalue weighted by Crippen LogP contribution is 2.25. The van der Waals surface area contributed by atoms with Crippen molar-refractivity contribution >= 4 is 16.7 Å². The van der Waals surface area contributed by atoms with E-state index in [2.05, 4.69) is 15.1 Å². The number of nitrogens with zero attached hydrogens (tertiary/aromatic N) is 5. The smallest absolute Gasteiger partial charge is 0.262 e. The maximum absolute atomic E-state index is 13.0. The lowest BCUT2D eigenvalue weighted by Crippen LogP contribution is -2.22. The second-order valence-electron chi connectivity index (χ2n) is 5.68. The summed E-state index contributed by atoms with van der Waals surface area (Å²) in [4.78, 5) is 21.6. The number of fused-ring (bicyclic) bond motifs is 2. The second-order valence-corrected chi connectivity index (χ2v) is 5.68. The lowest BCUT2D eigenvalue weighted by atomic mass is 10.1. The molecule has 0 amide bonds. The fourth-order valence-corrected chi connectivity index (χ4v) is 2.81. The van der Waals surface area contributed by atoms with E-state index in [1.807, 2.05) is 50.2 Å². The highest BCUT2D eigenvalue weighted by atomic mass is 16.1. The number of aromatic nitrogens is 5. The highest BCUT2D eigenvalue weighted by molar-refractivity contribution is 5.93. The molecule has 114 valence electrons. The SMILES string of the molecule is CC(C)n1ccc2nc3ncnn3c(-c3ccccc3)c2c1=O. The monoisotopic (exact) mass is 305 g/mol. The quantitative estimate of drug-likeness (QED) is 0.571. The van der Waals surface area contributed by atoms with Crippen molar-refractivity contribution in [2.24, 2.45) is 0 Å². The number of rotatable bonds is 2. The maximum atomic E-state index is 13.0. The molecule has 0 unspecified atom stereocenters. The molecule has 0 aliphatic carbocycles. The minimum Gasteiger partial charge on any atom is -0.312 e. The third-order valence-electron chi connectivity index (χ3n) is 3.90. The molecule has 23 heavy (non-hydrogen) atoms. The standard InChI is InChI=1S/C17H15N5O/c1-11(2)21-9-8-13-14(16(21)23)15(12-6-4-3-5-7-12)22-17(20-13)18-10-19-22/h3-11H,1-2H3. The molecule has 0 aliphatic rings. The first kappa shape index (κ1) is 13.6. The van der Waals surface area contributed by atoms with Gasteiger partial charge in [-0.1, -0.05) is 30.3 Å². The van der Waals surface area contributed by atoms with Crippen molar-refractivity contribution in [2.45, 2.75) is 19.9 Å². The molecule has 0 spiro atoms. The van der Waals surface area contributed by atoms with Crippen LogP contribution in [0.25, 0.3) is 27.9 Å². The summed E-state index contributed by atoms with van der Waals surface area (Å²) in [6.07, 6.45) is 3.23. The van der Waals surface area contributed by atoms with Gasteiger partial charge in [0.1, 0.15) is 6.33 Å². The average molecular weight is 305 g/mol. The van der Waals surface area contributed by atoms with Crippen LogP contribution < -0.4 is 5.56 Å². The van der Waals surface area contributed by atoms with E-state index < -0.39 is 0 Å². The molecule has 0 atom stereocenters. The summed E-state index contributed by atoms with van der Waals surface area (Å²) in [6, 6.07) is 11.7. The van der Waals surface area contributed by atoms with Crippen LogP contribution in [0.3, 0.4) is 0 Å². The van der Waals surface area contributed by atoms with Gasteiger partial charge < -0.3 is 4.57 Å². The van der Waals surface area contributed by atoms with Gasteiger partial charge in [-0.25, -0.2) is 4.98 Å². The zero-order valence-electron chi connectivity index (χ0n) is 12.8. The summed E-state index contributed by atoms with van der Waals surface area (Å²) in [6.45, 7) is 3.97. The van der Waals surface area contributed by atoms with Crippen LogP contribution >= 0.6 is 0 Å². The van der Waals surface area contributed by atoms with Gasteiger partial charge in [-0.05, 0) is 19.9 Å². The van der Waals surface area contributed by atoms with Gasteiger partial charge in [0, 0.05) is 17.8 Å². The first-order valence-electron chi connectivity index (χ1n) is 7.47. The van der Waals surface area contributed by atoms with Crippen molar-refractivity contribution in [1.29, 1.82) is 0 Å². The molecule has 6 heteroatoms. The number of hydrogen-bond donors (Lipinski definition) is 0. The molecule has 3 heterocycles. The van der Waals surface area contributed by atoms with Crippen molar-refractivity contribution in [2.75, 3.05) is 0 Å². The van der Waals surface area contributed by atoms with E-state index in [0.29, 0.717) is 16.7 Å².